The summed E-state index contributed by atoms with van der Waals surface area (Å²) in [5, 5.41) is 19.9. The van der Waals surface area contributed by atoms with Crippen LogP contribution in [0.25, 0.3) is 0 Å². The van der Waals surface area contributed by atoms with Crippen molar-refractivity contribution in [3.8, 4) is 5.75 Å². The summed E-state index contributed by atoms with van der Waals surface area (Å²) in [5.74, 6) is 1.50. The van der Waals surface area contributed by atoms with E-state index in [4.69, 9.17) is 4.74 Å². The lowest BCUT2D eigenvalue weighted by Crippen LogP contribution is -2.15. The summed E-state index contributed by atoms with van der Waals surface area (Å²) in [6, 6.07) is 5.96. The van der Waals surface area contributed by atoms with Gasteiger partial charge in [-0.25, -0.2) is 0 Å². The van der Waals surface area contributed by atoms with E-state index in [1.165, 1.54) is 28.7 Å². The summed E-state index contributed by atoms with van der Waals surface area (Å²) >= 11 is 2.57. The van der Waals surface area contributed by atoms with E-state index >= 15 is 0 Å². The van der Waals surface area contributed by atoms with Crippen LogP contribution in [0.2, 0.25) is 0 Å². The first kappa shape index (κ1) is 21.0. The first-order valence-corrected chi connectivity index (χ1v) is 10.8. The van der Waals surface area contributed by atoms with Gasteiger partial charge in [0.05, 0.1) is 5.75 Å². The third-order valence-electron chi connectivity index (χ3n) is 4.22. The van der Waals surface area contributed by atoms with E-state index < -0.39 is 0 Å². The molecule has 29 heavy (non-hydrogen) atoms. The van der Waals surface area contributed by atoms with Gasteiger partial charge < -0.3 is 4.74 Å². The number of carbonyl (C=O) groups excluding carboxylic acids is 1. The molecule has 1 atom stereocenters. The van der Waals surface area contributed by atoms with Gasteiger partial charge in [0.2, 0.25) is 11.0 Å². The fourth-order valence-corrected chi connectivity index (χ4v) is 3.83. The molecule has 8 nitrogen and oxygen atoms in total. The summed E-state index contributed by atoms with van der Waals surface area (Å²) < 4.78 is 8.06. The van der Waals surface area contributed by atoms with Crippen LogP contribution in [0.15, 0.2) is 41.5 Å². The number of amides is 1. The van der Waals surface area contributed by atoms with Crippen molar-refractivity contribution in [3.63, 3.8) is 0 Å². The number of nitrogens with zero attached hydrogens (tertiary/aromatic N) is 5. The fourth-order valence-electron chi connectivity index (χ4n) is 2.62. The molecule has 0 spiro atoms. The molecule has 3 aromatic rings. The average Bonchev–Trinajstić information content (AvgIpc) is 3.34. The molecular formula is C19H22N6O2S2. The maximum absolute atomic E-state index is 12.1. The maximum Gasteiger partial charge on any atom is 0.236 e. The van der Waals surface area contributed by atoms with E-state index in [-0.39, 0.29) is 17.8 Å². The minimum absolute atomic E-state index is 0.180. The monoisotopic (exact) mass is 430 g/mol. The van der Waals surface area contributed by atoms with Crippen LogP contribution in [0.1, 0.15) is 30.0 Å². The molecule has 2 aromatic heterocycles. The van der Waals surface area contributed by atoms with Gasteiger partial charge in [-0.1, -0.05) is 41.3 Å². The van der Waals surface area contributed by atoms with E-state index in [1.54, 1.807) is 11.6 Å². The van der Waals surface area contributed by atoms with Crippen LogP contribution < -0.4 is 10.1 Å². The van der Waals surface area contributed by atoms with Crippen LogP contribution in [-0.2, 0) is 11.3 Å². The molecule has 1 N–H and O–H groups in total. The van der Waals surface area contributed by atoms with Gasteiger partial charge in [-0.15, -0.1) is 27.0 Å². The molecule has 1 unspecified atom stereocenters. The summed E-state index contributed by atoms with van der Waals surface area (Å²) in [5.41, 5.74) is 3.82. The number of rotatable bonds is 9. The van der Waals surface area contributed by atoms with Gasteiger partial charge in [0.1, 0.15) is 11.3 Å². The first-order valence-electron chi connectivity index (χ1n) is 8.95. The van der Waals surface area contributed by atoms with Gasteiger partial charge in [0.15, 0.2) is 17.1 Å². The Hall–Kier alpha value is -2.72. The van der Waals surface area contributed by atoms with E-state index in [9.17, 15) is 4.79 Å². The molecule has 0 saturated carbocycles. The van der Waals surface area contributed by atoms with E-state index in [0.717, 1.165) is 11.3 Å². The van der Waals surface area contributed by atoms with Gasteiger partial charge in [-0.05, 0) is 38.0 Å². The summed E-state index contributed by atoms with van der Waals surface area (Å²) in [6.45, 7) is 10.3. The number of benzene rings is 1. The van der Waals surface area contributed by atoms with Crippen LogP contribution in [-0.4, -0.2) is 36.6 Å². The molecule has 0 aliphatic heterocycles. The van der Waals surface area contributed by atoms with Gasteiger partial charge in [0.25, 0.3) is 0 Å². The second kappa shape index (κ2) is 9.66. The minimum Gasteiger partial charge on any atom is -0.482 e. The van der Waals surface area contributed by atoms with Crippen LogP contribution in [0.5, 0.6) is 5.75 Å². The van der Waals surface area contributed by atoms with Crippen LogP contribution >= 0.6 is 23.1 Å². The molecule has 0 aliphatic carbocycles. The number of allylic oxidation sites excluding steroid dienone is 1. The molecule has 10 heteroatoms. The Labute approximate surface area is 177 Å². The smallest absolute Gasteiger partial charge is 0.236 e. The summed E-state index contributed by atoms with van der Waals surface area (Å²) in [4.78, 5) is 12.1. The number of carbonyl (C=O) groups is 1. The molecule has 0 aliphatic rings. The molecule has 1 amide bonds. The zero-order valence-electron chi connectivity index (χ0n) is 16.5. The first-order chi connectivity index (χ1) is 14.0. The molecule has 0 fully saturated rings. The number of thioether (sulfide) groups is 1. The molecule has 3 rings (SSSR count). The summed E-state index contributed by atoms with van der Waals surface area (Å²) in [7, 11) is 0. The molecule has 1 aromatic carbocycles. The van der Waals surface area contributed by atoms with E-state index in [1.807, 2.05) is 30.5 Å². The Morgan fingerprint density at radius 3 is 2.93 bits per heavy atom. The molecule has 0 saturated heterocycles. The molecule has 0 radical (unpaired) electrons. The van der Waals surface area contributed by atoms with Crippen molar-refractivity contribution < 1.29 is 9.53 Å². The fraction of sp³-hybridized carbons (Fsp3) is 0.316. The maximum atomic E-state index is 12.1. The number of aryl methyl sites for hydroxylation is 1. The highest BCUT2D eigenvalue weighted by molar-refractivity contribution is 7.99. The number of hydrogen-bond acceptors (Lipinski definition) is 8. The molecule has 0 bridgehead atoms. The number of ether oxygens (including phenoxy) is 1. The topological polar surface area (TPSA) is 94.8 Å². The average molecular weight is 431 g/mol. The highest BCUT2D eigenvalue weighted by Crippen LogP contribution is 2.28. The van der Waals surface area contributed by atoms with Crippen LogP contribution in [0.3, 0.4) is 0 Å². The Kier molecular flexibility index (Phi) is 6.99. The standard InChI is InChI=1S/C19H22N6O2S2/c1-5-9-25-17(14(4)27-15-8-6-7-12(2)13(15)3)22-24-19(25)28-10-16(26)21-18-23-20-11-29-18/h5-8,11,14H,1,9-10H2,2-4H3,(H,21,23,26). The Balaban J connectivity index is 1.71. The zero-order valence-corrected chi connectivity index (χ0v) is 18.1. The van der Waals surface area contributed by atoms with Crippen molar-refractivity contribution in [1.29, 1.82) is 0 Å². The zero-order chi connectivity index (χ0) is 20.8. The number of aromatic nitrogens is 5. The number of hydrogen-bond donors (Lipinski definition) is 1. The Bertz CT molecular complexity index is 987. The predicted molar refractivity (Wildman–Crippen MR) is 114 cm³/mol. The normalized spacial score (nSPS) is 11.8. The largest absolute Gasteiger partial charge is 0.482 e. The highest BCUT2D eigenvalue weighted by atomic mass is 32.2. The predicted octanol–water partition coefficient (Wildman–Crippen LogP) is 3.80. The molecule has 2 heterocycles. The van der Waals surface area contributed by atoms with Crippen molar-refractivity contribution in [2.24, 2.45) is 0 Å². The van der Waals surface area contributed by atoms with Crippen molar-refractivity contribution in [3.05, 3.63) is 53.3 Å². The number of nitrogens with one attached hydrogen (secondary N) is 1. The van der Waals surface area contributed by atoms with E-state index in [0.29, 0.717) is 22.7 Å². The third kappa shape index (κ3) is 5.21. The third-order valence-corrected chi connectivity index (χ3v) is 5.79. The van der Waals surface area contributed by atoms with Gasteiger partial charge >= 0.3 is 0 Å². The second-order valence-electron chi connectivity index (χ2n) is 6.28. The SMILES string of the molecule is C=CCn1c(SCC(=O)Nc2nncs2)nnc1C(C)Oc1cccc(C)c1C. The van der Waals surface area contributed by atoms with Crippen LogP contribution in [0.4, 0.5) is 5.13 Å². The van der Waals surface area contributed by atoms with Gasteiger partial charge in [0, 0.05) is 6.54 Å². The Morgan fingerprint density at radius 2 is 2.21 bits per heavy atom. The Morgan fingerprint density at radius 1 is 1.38 bits per heavy atom. The molecule has 152 valence electrons. The van der Waals surface area contributed by atoms with Gasteiger partial charge in [-0.2, -0.15) is 0 Å². The van der Waals surface area contributed by atoms with Crippen molar-refractivity contribution in [1.82, 2.24) is 25.0 Å². The summed E-state index contributed by atoms with van der Waals surface area (Å²) in [6.07, 6.45) is 1.45. The second-order valence-corrected chi connectivity index (χ2v) is 8.05. The molecular weight excluding hydrogens is 408 g/mol. The number of anilines is 1. The highest BCUT2D eigenvalue weighted by Gasteiger charge is 2.20. The quantitative estimate of drug-likeness (QED) is 0.407. The van der Waals surface area contributed by atoms with Crippen molar-refractivity contribution in [2.75, 3.05) is 11.1 Å². The minimum atomic E-state index is -0.312. The van der Waals surface area contributed by atoms with E-state index in [2.05, 4.69) is 45.3 Å². The van der Waals surface area contributed by atoms with Crippen molar-refractivity contribution in [2.45, 2.75) is 38.6 Å². The lowest BCUT2D eigenvalue weighted by atomic mass is 10.1. The lowest BCUT2D eigenvalue weighted by Gasteiger charge is -2.17. The van der Waals surface area contributed by atoms with Crippen LogP contribution in [0, 0.1) is 13.8 Å². The van der Waals surface area contributed by atoms with Gasteiger partial charge in [-0.3, -0.25) is 14.7 Å². The van der Waals surface area contributed by atoms with Crippen molar-refractivity contribution >= 4 is 34.1 Å². The lowest BCUT2D eigenvalue weighted by molar-refractivity contribution is -0.113.